The lowest BCUT2D eigenvalue weighted by Gasteiger charge is -2.39. The molecule has 20 heavy (non-hydrogen) atoms. The second-order valence-corrected chi connectivity index (χ2v) is 7.91. The van der Waals surface area contributed by atoms with Gasteiger partial charge in [0.1, 0.15) is 0 Å². The van der Waals surface area contributed by atoms with Crippen molar-refractivity contribution in [1.82, 2.24) is 5.32 Å². The lowest BCUT2D eigenvalue weighted by Crippen LogP contribution is -2.38. The molecule has 0 aromatic carbocycles. The molecule has 3 heteroatoms. The van der Waals surface area contributed by atoms with E-state index in [1.54, 1.807) is 0 Å². The molecule has 2 saturated carbocycles. The second kappa shape index (κ2) is 7.24. The van der Waals surface area contributed by atoms with Crippen molar-refractivity contribution in [3.63, 3.8) is 0 Å². The van der Waals surface area contributed by atoms with Crippen molar-refractivity contribution in [2.45, 2.75) is 84.0 Å². The summed E-state index contributed by atoms with van der Waals surface area (Å²) in [6, 6.07) is 0.623. The summed E-state index contributed by atoms with van der Waals surface area (Å²) in [5, 5.41) is 13.5. The molecule has 2 aliphatic rings. The lowest BCUT2D eigenvalue weighted by molar-refractivity contribution is -0.0553. The molecule has 0 saturated heterocycles. The molecular formula is C17H33NO2. The van der Waals surface area contributed by atoms with Gasteiger partial charge in [0.2, 0.25) is 0 Å². The van der Waals surface area contributed by atoms with Crippen LogP contribution in [0, 0.1) is 11.3 Å². The predicted octanol–water partition coefficient (Wildman–Crippen LogP) is 3.11. The number of rotatable bonds is 6. The Bertz CT molecular complexity index is 287. The van der Waals surface area contributed by atoms with E-state index in [1.165, 1.54) is 32.1 Å². The van der Waals surface area contributed by atoms with Crippen molar-refractivity contribution in [2.24, 2.45) is 11.3 Å². The maximum atomic E-state index is 10.0. The van der Waals surface area contributed by atoms with Crippen molar-refractivity contribution in [3.05, 3.63) is 0 Å². The van der Waals surface area contributed by atoms with E-state index in [0.717, 1.165) is 18.8 Å². The van der Waals surface area contributed by atoms with E-state index in [1.807, 2.05) is 0 Å². The van der Waals surface area contributed by atoms with E-state index in [2.05, 4.69) is 26.1 Å². The summed E-state index contributed by atoms with van der Waals surface area (Å²) in [5.74, 6) is 0.734. The fraction of sp³-hybridized carbons (Fsp3) is 1.00. The lowest BCUT2D eigenvalue weighted by atomic mass is 9.71. The van der Waals surface area contributed by atoms with Gasteiger partial charge in [-0.15, -0.1) is 0 Å². The molecule has 0 bridgehead atoms. The minimum Gasteiger partial charge on any atom is -0.389 e. The van der Waals surface area contributed by atoms with Gasteiger partial charge in [-0.3, -0.25) is 0 Å². The quantitative estimate of drug-likeness (QED) is 0.787. The summed E-state index contributed by atoms with van der Waals surface area (Å²) >= 11 is 0. The summed E-state index contributed by atoms with van der Waals surface area (Å²) in [6.07, 6.45) is 8.72. The Kier molecular flexibility index (Phi) is 5.88. The molecule has 0 radical (unpaired) electrons. The Hall–Kier alpha value is -0.120. The highest BCUT2D eigenvalue weighted by Gasteiger charge is 2.32. The second-order valence-electron chi connectivity index (χ2n) is 7.91. The third-order valence-electron chi connectivity index (χ3n) is 4.87. The maximum Gasteiger partial charge on any atom is 0.0897 e. The summed E-state index contributed by atoms with van der Waals surface area (Å²) in [7, 11) is 0. The van der Waals surface area contributed by atoms with Gasteiger partial charge in [0.25, 0.3) is 0 Å². The summed E-state index contributed by atoms with van der Waals surface area (Å²) < 4.78 is 5.98. The van der Waals surface area contributed by atoms with E-state index in [9.17, 15) is 5.11 Å². The topological polar surface area (TPSA) is 41.5 Å². The van der Waals surface area contributed by atoms with Crippen LogP contribution in [0.5, 0.6) is 0 Å². The fourth-order valence-corrected chi connectivity index (χ4v) is 4.12. The molecule has 0 amide bonds. The van der Waals surface area contributed by atoms with Gasteiger partial charge in [0.15, 0.2) is 0 Å². The standard InChI is InChI=1S/C17H33NO2/c1-13-8-16(10-17(2,3)9-13)20-12-15(19)11-18-14-6-4-5-7-14/h13-16,18-19H,4-12H2,1-3H3. The van der Waals surface area contributed by atoms with Crippen LogP contribution >= 0.6 is 0 Å². The summed E-state index contributed by atoms with van der Waals surface area (Å²) in [4.78, 5) is 0. The van der Waals surface area contributed by atoms with Crippen LogP contribution in [0.15, 0.2) is 0 Å². The Balaban J connectivity index is 1.63. The van der Waals surface area contributed by atoms with Crippen molar-refractivity contribution < 1.29 is 9.84 Å². The monoisotopic (exact) mass is 283 g/mol. The van der Waals surface area contributed by atoms with Crippen LogP contribution in [0.25, 0.3) is 0 Å². The first-order chi connectivity index (χ1) is 9.44. The Morgan fingerprint density at radius 3 is 2.60 bits per heavy atom. The molecule has 0 spiro atoms. The zero-order chi connectivity index (χ0) is 14.6. The average molecular weight is 283 g/mol. The Morgan fingerprint density at radius 1 is 1.25 bits per heavy atom. The first kappa shape index (κ1) is 16.3. The molecule has 0 aliphatic heterocycles. The molecule has 0 heterocycles. The third-order valence-corrected chi connectivity index (χ3v) is 4.87. The number of ether oxygens (including phenoxy) is 1. The highest BCUT2D eigenvalue weighted by Crippen LogP contribution is 2.39. The van der Waals surface area contributed by atoms with E-state index in [-0.39, 0.29) is 6.10 Å². The number of hydrogen-bond acceptors (Lipinski definition) is 3. The van der Waals surface area contributed by atoms with Gasteiger partial charge >= 0.3 is 0 Å². The zero-order valence-corrected chi connectivity index (χ0v) is 13.5. The molecule has 0 aromatic heterocycles. The minimum atomic E-state index is -0.365. The molecular weight excluding hydrogens is 250 g/mol. The van der Waals surface area contributed by atoms with Gasteiger partial charge in [-0.2, -0.15) is 0 Å². The summed E-state index contributed by atoms with van der Waals surface area (Å²) in [5.41, 5.74) is 0.384. The minimum absolute atomic E-state index is 0.329. The smallest absolute Gasteiger partial charge is 0.0897 e. The molecule has 3 atom stereocenters. The highest BCUT2D eigenvalue weighted by molar-refractivity contribution is 4.83. The molecule has 2 N–H and O–H groups in total. The first-order valence-electron chi connectivity index (χ1n) is 8.48. The zero-order valence-electron chi connectivity index (χ0n) is 13.5. The number of hydrogen-bond donors (Lipinski definition) is 2. The SMILES string of the molecule is CC1CC(OCC(O)CNC2CCCC2)CC(C)(C)C1. The molecule has 118 valence electrons. The molecule has 3 unspecified atom stereocenters. The van der Waals surface area contributed by atoms with Crippen molar-refractivity contribution in [1.29, 1.82) is 0 Å². The van der Waals surface area contributed by atoms with Crippen LogP contribution in [0.4, 0.5) is 0 Å². The Morgan fingerprint density at radius 2 is 1.95 bits per heavy atom. The van der Waals surface area contributed by atoms with Crippen LogP contribution in [0.3, 0.4) is 0 Å². The fourth-order valence-electron chi connectivity index (χ4n) is 4.12. The number of nitrogens with one attached hydrogen (secondary N) is 1. The third kappa shape index (κ3) is 5.34. The van der Waals surface area contributed by atoms with Gasteiger partial charge in [0, 0.05) is 12.6 Å². The van der Waals surface area contributed by atoms with Crippen LogP contribution in [0.1, 0.15) is 65.7 Å². The molecule has 2 fully saturated rings. The molecule has 2 aliphatic carbocycles. The van der Waals surface area contributed by atoms with Gasteiger partial charge in [-0.1, -0.05) is 33.6 Å². The van der Waals surface area contributed by atoms with E-state index in [0.29, 0.717) is 30.7 Å². The van der Waals surface area contributed by atoms with Crippen LogP contribution in [-0.4, -0.2) is 36.5 Å². The van der Waals surface area contributed by atoms with Crippen LogP contribution in [0.2, 0.25) is 0 Å². The van der Waals surface area contributed by atoms with E-state index >= 15 is 0 Å². The van der Waals surface area contributed by atoms with Crippen LogP contribution < -0.4 is 5.32 Å². The van der Waals surface area contributed by atoms with E-state index < -0.39 is 0 Å². The summed E-state index contributed by atoms with van der Waals surface area (Å²) in [6.45, 7) is 8.13. The van der Waals surface area contributed by atoms with Crippen molar-refractivity contribution in [2.75, 3.05) is 13.2 Å². The Labute approximate surface area is 124 Å². The highest BCUT2D eigenvalue weighted by atomic mass is 16.5. The molecule has 2 rings (SSSR count). The normalized spacial score (nSPS) is 32.4. The molecule has 0 aromatic rings. The van der Waals surface area contributed by atoms with Gasteiger partial charge in [-0.05, 0) is 43.4 Å². The molecule has 3 nitrogen and oxygen atoms in total. The van der Waals surface area contributed by atoms with Gasteiger partial charge < -0.3 is 15.2 Å². The van der Waals surface area contributed by atoms with Gasteiger partial charge in [0.05, 0.1) is 18.8 Å². The van der Waals surface area contributed by atoms with E-state index in [4.69, 9.17) is 4.74 Å². The maximum absolute atomic E-state index is 10.0. The predicted molar refractivity (Wildman–Crippen MR) is 82.8 cm³/mol. The van der Waals surface area contributed by atoms with Crippen molar-refractivity contribution >= 4 is 0 Å². The average Bonchev–Trinajstić information content (AvgIpc) is 2.84. The van der Waals surface area contributed by atoms with Crippen molar-refractivity contribution in [3.8, 4) is 0 Å². The number of aliphatic hydroxyl groups excluding tert-OH is 1. The number of aliphatic hydroxyl groups is 1. The van der Waals surface area contributed by atoms with Crippen LogP contribution in [-0.2, 0) is 4.74 Å². The largest absolute Gasteiger partial charge is 0.389 e. The van der Waals surface area contributed by atoms with Gasteiger partial charge in [-0.25, -0.2) is 0 Å². The first-order valence-corrected chi connectivity index (χ1v) is 8.48.